The molecular weight excluding hydrogens is 414 g/mol. The van der Waals surface area contributed by atoms with Gasteiger partial charge in [-0.1, -0.05) is 11.6 Å². The van der Waals surface area contributed by atoms with Crippen LogP contribution in [0.2, 0.25) is 5.02 Å². The van der Waals surface area contributed by atoms with Crippen molar-refractivity contribution < 1.29 is 4.39 Å². The largest absolute Gasteiger partial charge is 0.354 e. The van der Waals surface area contributed by atoms with Crippen LogP contribution in [-0.2, 0) is 0 Å². The Kier molecular flexibility index (Phi) is 5.17. The summed E-state index contributed by atoms with van der Waals surface area (Å²) in [7, 11) is 0. The number of nitrogens with one attached hydrogen (secondary N) is 2. The number of hydrogen-bond donors (Lipinski definition) is 2. The van der Waals surface area contributed by atoms with Crippen molar-refractivity contribution in [1.82, 2.24) is 9.97 Å². The first kappa shape index (κ1) is 15.5. The molecule has 106 valence electrons. The number of anilines is 3. The van der Waals surface area contributed by atoms with E-state index in [0.29, 0.717) is 32.9 Å². The molecule has 0 saturated carbocycles. The summed E-state index contributed by atoms with van der Waals surface area (Å²) in [6.07, 6.45) is 1.62. The fraction of sp³-hybridized carbons (Fsp3) is 0.167. The fourth-order valence-electron chi connectivity index (χ4n) is 1.48. The van der Waals surface area contributed by atoms with E-state index in [1.54, 1.807) is 6.20 Å². The van der Waals surface area contributed by atoms with Gasteiger partial charge in [-0.2, -0.15) is 4.98 Å². The molecule has 1 aromatic heterocycles. The van der Waals surface area contributed by atoms with Crippen LogP contribution in [0.15, 0.2) is 27.3 Å². The smallest absolute Gasteiger partial charge is 0.224 e. The predicted molar refractivity (Wildman–Crippen MR) is 86.3 cm³/mol. The van der Waals surface area contributed by atoms with E-state index in [9.17, 15) is 4.39 Å². The number of halogens is 4. The molecule has 1 aromatic carbocycles. The van der Waals surface area contributed by atoms with Gasteiger partial charge in [-0.05, 0) is 50.9 Å². The van der Waals surface area contributed by atoms with Gasteiger partial charge >= 0.3 is 0 Å². The van der Waals surface area contributed by atoms with E-state index in [4.69, 9.17) is 11.6 Å². The standard InChI is InChI=1S/C12H10Br2ClFN4/c1-2-17-12-18-5-8(14)11(20-12)19-10-7(13)3-6(16)4-9(10)15/h3-5H,2H2,1H3,(H2,17,18,19,20). The highest BCUT2D eigenvalue weighted by molar-refractivity contribution is 9.11. The zero-order chi connectivity index (χ0) is 14.7. The minimum Gasteiger partial charge on any atom is -0.354 e. The molecule has 0 unspecified atom stereocenters. The normalized spacial score (nSPS) is 10.4. The maximum atomic E-state index is 13.2. The van der Waals surface area contributed by atoms with Gasteiger partial charge in [0.15, 0.2) is 0 Å². The SMILES string of the molecule is CCNc1ncc(Br)c(Nc2c(Cl)cc(F)cc2Br)n1. The summed E-state index contributed by atoms with van der Waals surface area (Å²) >= 11 is 12.7. The predicted octanol–water partition coefficient (Wildman–Crippen LogP) is 4.97. The first-order valence-electron chi connectivity index (χ1n) is 5.69. The van der Waals surface area contributed by atoms with Gasteiger partial charge in [0.1, 0.15) is 11.6 Å². The Bertz CT molecular complexity index is 616. The highest BCUT2D eigenvalue weighted by Crippen LogP contribution is 2.35. The molecule has 0 spiro atoms. The first-order valence-corrected chi connectivity index (χ1v) is 7.65. The van der Waals surface area contributed by atoms with Crippen LogP contribution < -0.4 is 10.6 Å². The van der Waals surface area contributed by atoms with E-state index in [1.807, 2.05) is 6.92 Å². The van der Waals surface area contributed by atoms with Crippen molar-refractivity contribution in [2.24, 2.45) is 0 Å². The maximum Gasteiger partial charge on any atom is 0.224 e. The maximum absolute atomic E-state index is 13.2. The van der Waals surface area contributed by atoms with Gasteiger partial charge in [0.2, 0.25) is 5.95 Å². The summed E-state index contributed by atoms with van der Waals surface area (Å²) < 4.78 is 14.4. The lowest BCUT2D eigenvalue weighted by atomic mass is 10.3. The number of nitrogens with zero attached hydrogens (tertiary/aromatic N) is 2. The Morgan fingerprint density at radius 3 is 2.70 bits per heavy atom. The first-order chi connectivity index (χ1) is 9.51. The van der Waals surface area contributed by atoms with Crippen LogP contribution in [0.25, 0.3) is 0 Å². The average molecular weight is 424 g/mol. The van der Waals surface area contributed by atoms with E-state index in [1.165, 1.54) is 12.1 Å². The summed E-state index contributed by atoms with van der Waals surface area (Å²) in [5.74, 6) is 0.611. The molecule has 0 amide bonds. The molecule has 2 aromatic rings. The zero-order valence-corrected chi connectivity index (χ0v) is 14.3. The van der Waals surface area contributed by atoms with Crippen molar-refractivity contribution in [3.05, 3.63) is 38.1 Å². The summed E-state index contributed by atoms with van der Waals surface area (Å²) in [6.45, 7) is 2.66. The summed E-state index contributed by atoms with van der Waals surface area (Å²) in [5, 5.41) is 6.32. The van der Waals surface area contributed by atoms with Crippen molar-refractivity contribution in [2.45, 2.75) is 6.92 Å². The number of rotatable bonds is 4. The van der Waals surface area contributed by atoms with Crippen molar-refractivity contribution in [3.63, 3.8) is 0 Å². The number of aromatic nitrogens is 2. The average Bonchev–Trinajstić information content (AvgIpc) is 2.37. The van der Waals surface area contributed by atoms with Gasteiger partial charge in [0.25, 0.3) is 0 Å². The second-order valence-corrected chi connectivity index (χ2v) is 5.91. The minimum atomic E-state index is -0.414. The summed E-state index contributed by atoms with van der Waals surface area (Å²) in [4.78, 5) is 8.42. The lowest BCUT2D eigenvalue weighted by molar-refractivity contribution is 0.627. The third-order valence-electron chi connectivity index (χ3n) is 2.33. The number of hydrogen-bond acceptors (Lipinski definition) is 4. The van der Waals surface area contributed by atoms with E-state index < -0.39 is 5.82 Å². The Morgan fingerprint density at radius 1 is 1.30 bits per heavy atom. The quantitative estimate of drug-likeness (QED) is 0.728. The van der Waals surface area contributed by atoms with Gasteiger partial charge in [-0.15, -0.1) is 0 Å². The monoisotopic (exact) mass is 422 g/mol. The molecule has 0 atom stereocenters. The topological polar surface area (TPSA) is 49.8 Å². The molecule has 0 fully saturated rings. The molecule has 4 nitrogen and oxygen atoms in total. The lowest BCUT2D eigenvalue weighted by Crippen LogP contribution is -2.05. The molecule has 0 bridgehead atoms. The third-order valence-corrected chi connectivity index (χ3v) is 3.83. The molecule has 0 aliphatic heterocycles. The molecule has 0 radical (unpaired) electrons. The van der Waals surface area contributed by atoms with Gasteiger partial charge in [0, 0.05) is 17.2 Å². The molecule has 0 saturated heterocycles. The van der Waals surface area contributed by atoms with Gasteiger partial charge in [0.05, 0.1) is 15.2 Å². The van der Waals surface area contributed by atoms with Gasteiger partial charge in [-0.3, -0.25) is 0 Å². The highest BCUT2D eigenvalue weighted by atomic mass is 79.9. The molecular formula is C12H10Br2ClFN4. The van der Waals surface area contributed by atoms with Crippen LogP contribution in [0.1, 0.15) is 6.92 Å². The van der Waals surface area contributed by atoms with Crippen LogP contribution in [0.5, 0.6) is 0 Å². The molecule has 8 heteroatoms. The zero-order valence-electron chi connectivity index (χ0n) is 10.3. The molecule has 2 N–H and O–H groups in total. The van der Waals surface area contributed by atoms with E-state index in [0.717, 1.165) is 0 Å². The van der Waals surface area contributed by atoms with Crippen LogP contribution >= 0.6 is 43.5 Å². The minimum absolute atomic E-state index is 0.257. The van der Waals surface area contributed by atoms with E-state index in [2.05, 4.69) is 52.5 Å². The van der Waals surface area contributed by atoms with Crippen LogP contribution in [0.3, 0.4) is 0 Å². The Labute approximate surface area is 137 Å². The van der Waals surface area contributed by atoms with E-state index >= 15 is 0 Å². The summed E-state index contributed by atoms with van der Waals surface area (Å²) in [6, 6.07) is 2.56. The fourth-order valence-corrected chi connectivity index (χ4v) is 2.67. The van der Waals surface area contributed by atoms with Gasteiger partial charge < -0.3 is 10.6 Å². The van der Waals surface area contributed by atoms with Crippen molar-refractivity contribution >= 4 is 60.9 Å². The Hall–Kier alpha value is -0.920. The third kappa shape index (κ3) is 3.59. The second-order valence-electron chi connectivity index (χ2n) is 3.79. The van der Waals surface area contributed by atoms with Crippen molar-refractivity contribution in [1.29, 1.82) is 0 Å². The van der Waals surface area contributed by atoms with Crippen LogP contribution in [0.4, 0.5) is 21.8 Å². The van der Waals surface area contributed by atoms with Crippen molar-refractivity contribution in [3.8, 4) is 0 Å². The van der Waals surface area contributed by atoms with Gasteiger partial charge in [-0.25, -0.2) is 9.37 Å². The van der Waals surface area contributed by atoms with Crippen LogP contribution in [-0.4, -0.2) is 16.5 Å². The molecule has 20 heavy (non-hydrogen) atoms. The lowest BCUT2D eigenvalue weighted by Gasteiger charge is -2.12. The molecule has 2 rings (SSSR count). The Morgan fingerprint density at radius 2 is 2.05 bits per heavy atom. The molecule has 0 aliphatic rings. The van der Waals surface area contributed by atoms with Crippen molar-refractivity contribution in [2.75, 3.05) is 17.2 Å². The molecule has 0 aliphatic carbocycles. The summed E-state index contributed by atoms with van der Waals surface area (Å²) in [5.41, 5.74) is 0.537. The Balaban J connectivity index is 2.37. The van der Waals surface area contributed by atoms with Crippen LogP contribution in [0, 0.1) is 5.82 Å². The van der Waals surface area contributed by atoms with E-state index in [-0.39, 0.29) is 5.02 Å². The molecule has 1 heterocycles. The second kappa shape index (κ2) is 6.69. The highest BCUT2D eigenvalue weighted by Gasteiger charge is 2.12. The number of benzene rings is 1.